The summed E-state index contributed by atoms with van der Waals surface area (Å²) >= 11 is 0.916. The van der Waals surface area contributed by atoms with Crippen molar-refractivity contribution in [2.45, 2.75) is 13.8 Å². The van der Waals surface area contributed by atoms with E-state index in [0.29, 0.717) is 5.56 Å². The van der Waals surface area contributed by atoms with E-state index in [4.69, 9.17) is 4.74 Å². The highest BCUT2D eigenvalue weighted by atomic mass is 32.1. The van der Waals surface area contributed by atoms with Crippen LogP contribution in [0.25, 0.3) is 11.1 Å². The minimum atomic E-state index is -0.936. The predicted octanol–water partition coefficient (Wildman–Crippen LogP) is 4.88. The molecule has 14 heteroatoms. The number of hydrogen-bond acceptors (Lipinski definition) is 10. The minimum Gasteiger partial charge on any atom is -0.462 e. The lowest BCUT2D eigenvalue weighted by Crippen LogP contribution is -2.15. The number of hydrogen-bond donors (Lipinski definition) is 1. The van der Waals surface area contributed by atoms with Gasteiger partial charge in [0.2, 0.25) is 0 Å². The summed E-state index contributed by atoms with van der Waals surface area (Å²) < 4.78 is 5.07. The normalized spacial score (nSPS) is 10.5. The molecule has 2 aromatic carbocycles. The molecule has 0 aliphatic heterocycles. The molecule has 180 valence electrons. The number of esters is 1. The number of nitrogens with one attached hydrogen (secondary N) is 1. The Hall–Kier alpha value is -4.72. The summed E-state index contributed by atoms with van der Waals surface area (Å²) in [4.78, 5) is 57.1. The molecule has 0 saturated heterocycles. The molecule has 1 N–H and O–H groups in total. The van der Waals surface area contributed by atoms with Gasteiger partial charge in [-0.05, 0) is 19.4 Å². The maximum Gasteiger partial charge on any atom is 0.341 e. The summed E-state index contributed by atoms with van der Waals surface area (Å²) in [6.45, 7) is 2.77. The van der Waals surface area contributed by atoms with Crippen molar-refractivity contribution in [1.29, 1.82) is 0 Å². The van der Waals surface area contributed by atoms with E-state index >= 15 is 0 Å². The Labute approximate surface area is 200 Å². The number of carbonyl (C=O) groups is 2. The van der Waals surface area contributed by atoms with Crippen molar-refractivity contribution < 1.29 is 29.1 Å². The van der Waals surface area contributed by atoms with E-state index in [2.05, 4.69) is 5.32 Å². The average molecular weight is 500 g/mol. The molecular weight excluding hydrogens is 484 g/mol. The van der Waals surface area contributed by atoms with Crippen molar-refractivity contribution in [1.82, 2.24) is 0 Å². The van der Waals surface area contributed by atoms with Crippen LogP contribution < -0.4 is 5.32 Å². The maximum absolute atomic E-state index is 12.9. The summed E-state index contributed by atoms with van der Waals surface area (Å²) in [5.74, 6) is -1.75. The van der Waals surface area contributed by atoms with Crippen molar-refractivity contribution in [2.75, 3.05) is 11.9 Å². The third-order valence-corrected chi connectivity index (χ3v) is 5.77. The van der Waals surface area contributed by atoms with Crippen LogP contribution in [-0.2, 0) is 4.74 Å². The summed E-state index contributed by atoms with van der Waals surface area (Å²) in [6, 6.07) is 7.30. The fourth-order valence-electron chi connectivity index (χ4n) is 3.22. The lowest BCUT2D eigenvalue weighted by atomic mass is 10.0. The summed E-state index contributed by atoms with van der Waals surface area (Å²) in [6.07, 6.45) is 0. The summed E-state index contributed by atoms with van der Waals surface area (Å²) in [7, 11) is 0. The van der Waals surface area contributed by atoms with E-state index in [1.165, 1.54) is 36.6 Å². The Morgan fingerprint density at radius 1 is 1.00 bits per heavy atom. The number of rotatable bonds is 8. The molecule has 0 atom stereocenters. The first-order valence-electron chi connectivity index (χ1n) is 9.83. The number of nitro benzene ring substituents is 3. The smallest absolute Gasteiger partial charge is 0.341 e. The largest absolute Gasteiger partial charge is 0.462 e. The number of nitro groups is 3. The Morgan fingerprint density at radius 2 is 1.63 bits per heavy atom. The van der Waals surface area contributed by atoms with Crippen molar-refractivity contribution in [3.8, 4) is 11.1 Å². The van der Waals surface area contributed by atoms with Gasteiger partial charge in [-0.3, -0.25) is 35.1 Å². The minimum absolute atomic E-state index is 0.000775. The second-order valence-corrected chi connectivity index (χ2v) is 7.87. The molecule has 0 saturated carbocycles. The third kappa shape index (κ3) is 5.11. The predicted molar refractivity (Wildman–Crippen MR) is 125 cm³/mol. The topological polar surface area (TPSA) is 185 Å². The second-order valence-electron chi connectivity index (χ2n) is 6.99. The summed E-state index contributed by atoms with van der Waals surface area (Å²) in [5, 5.41) is 37.7. The fraction of sp³-hybridized carbons (Fsp3) is 0.143. The quantitative estimate of drug-likeness (QED) is 0.256. The lowest BCUT2D eigenvalue weighted by molar-refractivity contribution is -0.395. The molecule has 0 spiro atoms. The maximum atomic E-state index is 12.9. The van der Waals surface area contributed by atoms with E-state index in [0.717, 1.165) is 23.5 Å². The first-order chi connectivity index (χ1) is 16.5. The van der Waals surface area contributed by atoms with Crippen LogP contribution in [0.3, 0.4) is 0 Å². The molecule has 35 heavy (non-hydrogen) atoms. The van der Waals surface area contributed by atoms with Gasteiger partial charge in [-0.1, -0.05) is 12.1 Å². The van der Waals surface area contributed by atoms with E-state index in [1.54, 1.807) is 6.92 Å². The van der Waals surface area contributed by atoms with Gasteiger partial charge in [0.15, 0.2) is 0 Å². The van der Waals surface area contributed by atoms with Gasteiger partial charge in [0, 0.05) is 35.2 Å². The van der Waals surface area contributed by atoms with Crippen LogP contribution in [0.4, 0.5) is 22.1 Å². The molecule has 3 aromatic rings. The first-order valence-corrected chi connectivity index (χ1v) is 10.7. The van der Waals surface area contributed by atoms with Crippen LogP contribution in [0.1, 0.15) is 33.2 Å². The standard InChI is InChI=1S/C21H16N4O9S/c1-3-34-21(27)18-15(12-5-4-6-14(7-12)23(28)29)10-35-20(18)22-19(26)13-8-16(24(30)31)11(2)17(9-13)25(32)33/h4-10H,3H2,1-2H3,(H,22,26). The van der Waals surface area contributed by atoms with Gasteiger partial charge in [0.25, 0.3) is 23.0 Å². The molecule has 0 fully saturated rings. The van der Waals surface area contributed by atoms with Crippen molar-refractivity contribution in [3.63, 3.8) is 0 Å². The van der Waals surface area contributed by atoms with Crippen molar-refractivity contribution >= 4 is 45.3 Å². The fourth-order valence-corrected chi connectivity index (χ4v) is 4.18. The van der Waals surface area contributed by atoms with E-state index in [1.807, 2.05) is 0 Å². The number of non-ortho nitro benzene ring substituents is 1. The van der Waals surface area contributed by atoms with Crippen LogP contribution in [0.5, 0.6) is 0 Å². The molecule has 3 rings (SSSR count). The lowest BCUT2D eigenvalue weighted by Gasteiger charge is -2.09. The number of ether oxygens (including phenoxy) is 1. The van der Waals surface area contributed by atoms with Gasteiger partial charge in [-0.15, -0.1) is 11.3 Å². The SMILES string of the molecule is CCOC(=O)c1c(-c2cccc([N+](=O)[O-])c2)csc1NC(=O)c1cc([N+](=O)[O-])c(C)c([N+](=O)[O-])c1. The van der Waals surface area contributed by atoms with Gasteiger partial charge in [-0.25, -0.2) is 4.79 Å². The molecule has 0 aliphatic carbocycles. The van der Waals surface area contributed by atoms with E-state index in [9.17, 15) is 39.9 Å². The molecule has 0 radical (unpaired) electrons. The Morgan fingerprint density at radius 3 is 2.17 bits per heavy atom. The number of carbonyl (C=O) groups excluding carboxylic acids is 2. The van der Waals surface area contributed by atoms with Crippen LogP contribution >= 0.6 is 11.3 Å². The van der Waals surface area contributed by atoms with Crippen LogP contribution in [-0.4, -0.2) is 33.3 Å². The second kappa shape index (κ2) is 10.0. The zero-order valence-corrected chi connectivity index (χ0v) is 19.0. The van der Waals surface area contributed by atoms with Crippen LogP contribution in [0.15, 0.2) is 41.8 Å². The number of anilines is 1. The van der Waals surface area contributed by atoms with Gasteiger partial charge in [0.1, 0.15) is 16.1 Å². The molecule has 1 aromatic heterocycles. The molecule has 0 bridgehead atoms. The Balaban J connectivity index is 2.08. The zero-order valence-electron chi connectivity index (χ0n) is 18.2. The monoisotopic (exact) mass is 500 g/mol. The highest BCUT2D eigenvalue weighted by molar-refractivity contribution is 7.15. The van der Waals surface area contributed by atoms with E-state index < -0.39 is 38.0 Å². The summed E-state index contributed by atoms with van der Waals surface area (Å²) in [5.41, 5.74) is -1.53. The van der Waals surface area contributed by atoms with Gasteiger partial charge < -0.3 is 10.1 Å². The highest BCUT2D eigenvalue weighted by Gasteiger charge is 2.28. The number of nitrogens with zero attached hydrogens (tertiary/aromatic N) is 3. The van der Waals surface area contributed by atoms with Crippen LogP contribution in [0, 0.1) is 37.3 Å². The third-order valence-electron chi connectivity index (χ3n) is 4.87. The van der Waals surface area contributed by atoms with Crippen molar-refractivity contribution in [2.24, 2.45) is 0 Å². The molecule has 0 aliphatic rings. The molecule has 1 amide bonds. The Bertz CT molecular complexity index is 1350. The molecule has 1 heterocycles. The average Bonchev–Trinajstić information content (AvgIpc) is 3.22. The van der Waals surface area contributed by atoms with Gasteiger partial charge >= 0.3 is 5.97 Å². The highest BCUT2D eigenvalue weighted by Crippen LogP contribution is 2.38. The van der Waals surface area contributed by atoms with Crippen LogP contribution in [0.2, 0.25) is 0 Å². The molecule has 13 nitrogen and oxygen atoms in total. The Kier molecular flexibility index (Phi) is 7.15. The zero-order chi connectivity index (χ0) is 25.9. The van der Waals surface area contributed by atoms with E-state index in [-0.39, 0.29) is 39.5 Å². The van der Waals surface area contributed by atoms with Crippen molar-refractivity contribution in [3.05, 3.63) is 88.8 Å². The molecule has 0 unspecified atom stereocenters. The van der Waals surface area contributed by atoms with Gasteiger partial charge in [0.05, 0.1) is 26.9 Å². The first kappa shape index (κ1) is 24.9. The number of thiophene rings is 1. The number of benzene rings is 2. The molecular formula is C21H16N4O9S. The number of amides is 1. The van der Waals surface area contributed by atoms with Gasteiger partial charge in [-0.2, -0.15) is 0 Å².